The Hall–Kier alpha value is -2.66. The van der Waals surface area contributed by atoms with Crippen molar-refractivity contribution in [2.24, 2.45) is 22.7 Å². The predicted molar refractivity (Wildman–Crippen MR) is 147 cm³/mol. The molecular formula is C30H34F3N3O4S. The number of pyridine rings is 1. The van der Waals surface area contributed by atoms with Crippen LogP contribution in [0.4, 0.5) is 13.2 Å². The molecule has 0 spiro atoms. The normalized spacial score (nSPS) is 37.3. The average Bonchev–Trinajstić information content (AvgIpc) is 3.47. The molecule has 0 amide bonds. The van der Waals surface area contributed by atoms with Gasteiger partial charge in [-0.15, -0.1) is 0 Å². The van der Waals surface area contributed by atoms with Crippen LogP contribution in [0.3, 0.4) is 0 Å². The standard InChI is InChI=1S/C30H34F3N3O4S/c1-4-25(38)40-29(26(39)41-16-31)10-9-20-21-7-5-18-11-22-17(14-35-36(22)19-6-8-24(32)34-15-19)12-27(18,2)30(21,33)23(37)13-28(20,29)3/h6,8,11,14-15,20-21,23,37H,4-5,7,9-10,12-13,16H2,1-3H3/t20-,21-,23-,27-,28-,29-,30-/m0/s1. The van der Waals surface area contributed by atoms with E-state index in [-0.39, 0.29) is 25.2 Å². The summed E-state index contributed by atoms with van der Waals surface area (Å²) in [5, 5.41) is 15.7. The van der Waals surface area contributed by atoms with Crippen LogP contribution in [0, 0.1) is 28.6 Å². The van der Waals surface area contributed by atoms with E-state index in [1.165, 1.54) is 12.3 Å². The summed E-state index contributed by atoms with van der Waals surface area (Å²) < 4.78 is 52.3. The van der Waals surface area contributed by atoms with Gasteiger partial charge in [-0.25, -0.2) is 18.4 Å². The number of carbonyl (C=O) groups excluding carboxylic acids is 2. The summed E-state index contributed by atoms with van der Waals surface area (Å²) in [6.07, 6.45) is 5.47. The van der Waals surface area contributed by atoms with Crippen LogP contribution >= 0.6 is 11.8 Å². The summed E-state index contributed by atoms with van der Waals surface area (Å²) in [4.78, 5) is 29.7. The van der Waals surface area contributed by atoms with Crippen LogP contribution in [0.1, 0.15) is 70.6 Å². The van der Waals surface area contributed by atoms with E-state index in [9.17, 15) is 23.5 Å². The van der Waals surface area contributed by atoms with E-state index in [2.05, 4.69) is 10.1 Å². The number of alkyl halides is 2. The van der Waals surface area contributed by atoms with E-state index >= 15 is 4.39 Å². The molecule has 11 heteroatoms. The maximum absolute atomic E-state index is 17.9. The molecular weight excluding hydrogens is 555 g/mol. The average molecular weight is 590 g/mol. The predicted octanol–water partition coefficient (Wildman–Crippen LogP) is 5.53. The molecule has 0 radical (unpaired) electrons. The molecule has 4 aliphatic rings. The summed E-state index contributed by atoms with van der Waals surface area (Å²) in [6.45, 7) is 5.29. The van der Waals surface area contributed by atoms with Gasteiger partial charge in [-0.1, -0.05) is 26.3 Å². The molecule has 0 aliphatic heterocycles. The highest BCUT2D eigenvalue weighted by atomic mass is 32.2. The first-order valence-corrected chi connectivity index (χ1v) is 15.2. The lowest BCUT2D eigenvalue weighted by molar-refractivity contribution is -0.228. The zero-order chi connectivity index (χ0) is 29.4. The number of esters is 1. The Bertz CT molecular complexity index is 1430. The van der Waals surface area contributed by atoms with Crippen molar-refractivity contribution in [2.45, 2.75) is 83.1 Å². The van der Waals surface area contributed by atoms with Gasteiger partial charge in [0.1, 0.15) is 11.7 Å². The molecule has 0 saturated heterocycles. The molecule has 3 saturated carbocycles. The lowest BCUT2D eigenvalue weighted by Crippen LogP contribution is -2.70. The lowest BCUT2D eigenvalue weighted by Gasteiger charge is -2.63. The summed E-state index contributed by atoms with van der Waals surface area (Å²) in [5.74, 6) is -2.11. The summed E-state index contributed by atoms with van der Waals surface area (Å²) in [7, 11) is 0. The van der Waals surface area contributed by atoms with Crippen molar-refractivity contribution in [2.75, 3.05) is 6.01 Å². The van der Waals surface area contributed by atoms with Crippen LogP contribution in [0.15, 0.2) is 30.1 Å². The maximum Gasteiger partial charge on any atom is 0.306 e. The Balaban J connectivity index is 1.39. The van der Waals surface area contributed by atoms with Crippen LogP contribution in [0.5, 0.6) is 0 Å². The topological polar surface area (TPSA) is 94.3 Å². The van der Waals surface area contributed by atoms with Gasteiger partial charge in [0.25, 0.3) is 0 Å². The number of carbonyl (C=O) groups is 2. The van der Waals surface area contributed by atoms with Gasteiger partial charge < -0.3 is 9.84 Å². The number of allylic oxidation sites excluding steroid dienone is 1. The van der Waals surface area contributed by atoms with Crippen LogP contribution in [0.25, 0.3) is 11.8 Å². The van der Waals surface area contributed by atoms with Gasteiger partial charge in [-0.05, 0) is 80.0 Å². The monoisotopic (exact) mass is 589 g/mol. The molecule has 3 fully saturated rings. The maximum atomic E-state index is 17.9. The van der Waals surface area contributed by atoms with Crippen molar-refractivity contribution < 1.29 is 32.6 Å². The van der Waals surface area contributed by atoms with Crippen molar-refractivity contribution in [1.29, 1.82) is 0 Å². The van der Waals surface area contributed by atoms with Gasteiger partial charge in [0.15, 0.2) is 5.60 Å². The third-order valence-electron chi connectivity index (χ3n) is 10.7. The van der Waals surface area contributed by atoms with Gasteiger partial charge in [-0.3, -0.25) is 9.59 Å². The number of rotatable bonds is 5. The number of fused-ring (bicyclic) bond motifs is 6. The molecule has 2 aromatic heterocycles. The highest BCUT2D eigenvalue weighted by molar-refractivity contribution is 8.13. The van der Waals surface area contributed by atoms with Crippen molar-refractivity contribution >= 4 is 28.9 Å². The van der Waals surface area contributed by atoms with Crippen molar-refractivity contribution in [3.05, 3.63) is 47.3 Å². The number of aliphatic hydroxyl groups is 1. The Morgan fingerprint density at radius 3 is 2.68 bits per heavy atom. The smallest absolute Gasteiger partial charge is 0.306 e. The van der Waals surface area contributed by atoms with E-state index in [0.29, 0.717) is 43.1 Å². The number of ether oxygens (including phenoxy) is 1. The second kappa shape index (κ2) is 9.69. The summed E-state index contributed by atoms with van der Waals surface area (Å²) in [6, 6.07) is 1.89. The van der Waals surface area contributed by atoms with Crippen molar-refractivity contribution in [1.82, 2.24) is 14.8 Å². The minimum atomic E-state index is -2.01. The quantitative estimate of drug-likeness (QED) is 0.362. The Morgan fingerprint density at radius 2 is 2.00 bits per heavy atom. The van der Waals surface area contributed by atoms with Gasteiger partial charge in [0.2, 0.25) is 11.1 Å². The highest BCUT2D eigenvalue weighted by Gasteiger charge is 2.75. The van der Waals surface area contributed by atoms with E-state index in [1.54, 1.807) is 30.8 Å². The second-order valence-corrected chi connectivity index (χ2v) is 13.3. The van der Waals surface area contributed by atoms with Crippen molar-refractivity contribution in [3.8, 4) is 5.69 Å². The number of aromatic nitrogens is 3. The number of thioether (sulfide) groups is 1. The minimum Gasteiger partial charge on any atom is -0.449 e. The highest BCUT2D eigenvalue weighted by Crippen LogP contribution is 2.71. The molecule has 7 nitrogen and oxygen atoms in total. The van der Waals surface area contributed by atoms with Gasteiger partial charge in [0, 0.05) is 23.2 Å². The fraction of sp³-hybridized carbons (Fsp3) is 0.600. The van der Waals surface area contributed by atoms with Crippen molar-refractivity contribution in [3.63, 3.8) is 0 Å². The molecule has 2 aromatic rings. The van der Waals surface area contributed by atoms with Gasteiger partial charge in [0.05, 0.1) is 29.9 Å². The molecule has 0 bridgehead atoms. The zero-order valence-corrected chi connectivity index (χ0v) is 24.1. The fourth-order valence-electron chi connectivity index (χ4n) is 8.72. The second-order valence-electron chi connectivity index (χ2n) is 12.4. The van der Waals surface area contributed by atoms with Gasteiger partial charge >= 0.3 is 5.97 Å². The molecule has 41 heavy (non-hydrogen) atoms. The van der Waals surface area contributed by atoms with Gasteiger partial charge in [-0.2, -0.15) is 9.49 Å². The molecule has 2 heterocycles. The van der Waals surface area contributed by atoms with E-state index in [1.807, 2.05) is 13.0 Å². The van der Waals surface area contributed by atoms with E-state index in [0.717, 1.165) is 16.8 Å². The molecule has 1 N–H and O–H groups in total. The molecule has 7 atom stereocenters. The molecule has 4 aliphatic carbocycles. The number of hydrogen-bond donors (Lipinski definition) is 1. The molecule has 220 valence electrons. The largest absolute Gasteiger partial charge is 0.449 e. The third kappa shape index (κ3) is 3.76. The molecule has 0 unspecified atom stereocenters. The first-order chi connectivity index (χ1) is 19.4. The number of halogens is 3. The number of nitrogens with zero attached hydrogens (tertiary/aromatic N) is 3. The van der Waals surface area contributed by atoms with Crippen LogP contribution in [0.2, 0.25) is 0 Å². The summed E-state index contributed by atoms with van der Waals surface area (Å²) >= 11 is 0.473. The Labute approximate surface area is 240 Å². The van der Waals surface area contributed by atoms with Crippen LogP contribution in [-0.4, -0.2) is 54.3 Å². The first-order valence-electron chi connectivity index (χ1n) is 14.2. The van der Waals surface area contributed by atoms with E-state index in [4.69, 9.17) is 4.74 Å². The Morgan fingerprint density at radius 1 is 1.22 bits per heavy atom. The minimum absolute atomic E-state index is 0.0469. The SMILES string of the molecule is CCC(=O)O[C@]1(C(=O)SCF)CC[C@H]2[C@@H]3CCC4=Cc5c(cnn5-c5ccc(F)nc5)C[C@]4(C)[C@@]3(F)[C@@H](O)C[C@@]21C. The molecule has 0 aromatic carbocycles. The first kappa shape index (κ1) is 28.5. The van der Waals surface area contributed by atoms with Crippen LogP contribution < -0.4 is 0 Å². The number of aliphatic hydroxyl groups excluding tert-OH is 1. The molecule has 6 rings (SSSR count). The number of hydrogen-bond acceptors (Lipinski definition) is 7. The lowest BCUT2D eigenvalue weighted by atomic mass is 9.44. The third-order valence-corrected chi connectivity index (χ3v) is 11.4. The Kier molecular flexibility index (Phi) is 6.73. The zero-order valence-electron chi connectivity index (χ0n) is 23.3. The van der Waals surface area contributed by atoms with E-state index < -0.39 is 57.2 Å². The fourth-order valence-corrected chi connectivity index (χ4v) is 9.43. The summed E-state index contributed by atoms with van der Waals surface area (Å²) in [5.41, 5.74) is -2.67. The van der Waals surface area contributed by atoms with Crippen LogP contribution in [-0.2, 0) is 20.7 Å².